The summed E-state index contributed by atoms with van der Waals surface area (Å²) in [4.78, 5) is 25.7. The lowest BCUT2D eigenvalue weighted by Crippen LogP contribution is -2.40. The fraction of sp³-hybridized carbons (Fsp3) is 0.300. The number of nitrogens with zero attached hydrogens (tertiary/aromatic N) is 1. The van der Waals surface area contributed by atoms with Gasteiger partial charge in [-0.2, -0.15) is 13.2 Å². The molecule has 1 N–H and O–H groups in total. The lowest BCUT2D eigenvalue weighted by Gasteiger charge is -2.21. The van der Waals surface area contributed by atoms with Crippen LogP contribution >= 0.6 is 11.6 Å². The highest BCUT2D eigenvalue weighted by atomic mass is 35.5. The Labute approximate surface area is 171 Å². The van der Waals surface area contributed by atoms with Gasteiger partial charge in [-0.25, -0.2) is 0 Å². The van der Waals surface area contributed by atoms with Gasteiger partial charge in [-0.3, -0.25) is 9.59 Å². The number of benzene rings is 2. The summed E-state index contributed by atoms with van der Waals surface area (Å²) in [5, 5.41) is 2.78. The van der Waals surface area contributed by atoms with E-state index in [0.717, 1.165) is 17.7 Å². The molecule has 2 aromatic rings. The number of amides is 2. The van der Waals surface area contributed by atoms with E-state index >= 15 is 0 Å². The van der Waals surface area contributed by atoms with Crippen LogP contribution in [0, 0.1) is 6.92 Å². The van der Waals surface area contributed by atoms with Gasteiger partial charge in [0.05, 0.1) is 17.8 Å². The van der Waals surface area contributed by atoms with Crippen molar-refractivity contribution in [2.45, 2.75) is 20.0 Å². The maximum absolute atomic E-state index is 13.0. The van der Waals surface area contributed by atoms with Gasteiger partial charge in [0.2, 0.25) is 5.91 Å². The van der Waals surface area contributed by atoms with Crippen LogP contribution in [0.1, 0.15) is 18.1 Å². The number of nitrogens with one attached hydrogen (secondary N) is 1. The summed E-state index contributed by atoms with van der Waals surface area (Å²) in [5.41, 5.74) is -0.530. The number of likely N-dealkylation sites (N-methyl/N-ethyl adjacent to an activating group) is 1. The van der Waals surface area contributed by atoms with Crippen molar-refractivity contribution in [2.24, 2.45) is 0 Å². The molecule has 156 valence electrons. The van der Waals surface area contributed by atoms with E-state index in [-0.39, 0.29) is 18.8 Å². The Balaban J connectivity index is 1.97. The summed E-state index contributed by atoms with van der Waals surface area (Å²) in [6.07, 6.45) is -4.60. The molecule has 0 unspecified atom stereocenters. The summed E-state index contributed by atoms with van der Waals surface area (Å²) >= 11 is 5.93. The number of hydrogen-bond acceptors (Lipinski definition) is 3. The maximum Gasteiger partial charge on any atom is 0.418 e. The predicted molar refractivity (Wildman–Crippen MR) is 104 cm³/mol. The van der Waals surface area contributed by atoms with E-state index in [1.54, 1.807) is 32.0 Å². The Morgan fingerprint density at radius 3 is 2.48 bits per heavy atom. The van der Waals surface area contributed by atoms with Crippen LogP contribution in [-0.4, -0.2) is 36.4 Å². The molecule has 0 bridgehead atoms. The first-order chi connectivity index (χ1) is 13.6. The Morgan fingerprint density at radius 1 is 1.17 bits per heavy atom. The number of halogens is 4. The molecule has 0 aliphatic heterocycles. The predicted octanol–water partition coefficient (Wildman–Crippen LogP) is 4.53. The average molecular weight is 429 g/mol. The Bertz CT molecular complexity index is 888. The normalized spacial score (nSPS) is 11.1. The van der Waals surface area contributed by atoms with Gasteiger partial charge in [-0.05, 0) is 49.7 Å². The van der Waals surface area contributed by atoms with E-state index in [1.165, 1.54) is 17.0 Å². The van der Waals surface area contributed by atoms with Crippen LogP contribution in [-0.2, 0) is 15.8 Å². The Morgan fingerprint density at radius 2 is 1.86 bits per heavy atom. The zero-order chi connectivity index (χ0) is 21.6. The molecule has 0 aromatic heterocycles. The first-order valence-electron chi connectivity index (χ1n) is 8.74. The molecule has 29 heavy (non-hydrogen) atoms. The van der Waals surface area contributed by atoms with Crippen LogP contribution in [0.25, 0.3) is 0 Å². The minimum Gasteiger partial charge on any atom is -0.484 e. The second-order valence-corrected chi connectivity index (χ2v) is 6.61. The number of ether oxygens (including phenoxy) is 1. The molecule has 0 saturated heterocycles. The molecule has 0 fully saturated rings. The third-order valence-corrected chi connectivity index (χ3v) is 4.49. The minimum atomic E-state index is -4.60. The zero-order valence-electron chi connectivity index (χ0n) is 15.8. The largest absolute Gasteiger partial charge is 0.484 e. The van der Waals surface area contributed by atoms with Crippen molar-refractivity contribution in [3.63, 3.8) is 0 Å². The molecular weight excluding hydrogens is 409 g/mol. The molecule has 0 radical (unpaired) electrons. The first-order valence-corrected chi connectivity index (χ1v) is 9.12. The molecular formula is C20H20ClF3N2O3. The molecule has 2 amide bonds. The van der Waals surface area contributed by atoms with Gasteiger partial charge in [0.15, 0.2) is 6.61 Å². The fourth-order valence-electron chi connectivity index (χ4n) is 2.52. The van der Waals surface area contributed by atoms with E-state index in [9.17, 15) is 22.8 Å². The standard InChI is InChI=1S/C20H20ClF3N2O3/c1-3-26(19(28)12-29-14-8-9-16(21)13(2)10-14)11-18(27)25-17-7-5-4-6-15(17)20(22,23)24/h4-10H,3,11-12H2,1-2H3,(H,25,27). The van der Waals surface area contributed by atoms with E-state index in [0.29, 0.717) is 10.8 Å². The van der Waals surface area contributed by atoms with Crippen molar-refractivity contribution in [3.05, 3.63) is 58.6 Å². The van der Waals surface area contributed by atoms with Crippen molar-refractivity contribution < 1.29 is 27.5 Å². The smallest absolute Gasteiger partial charge is 0.418 e. The zero-order valence-corrected chi connectivity index (χ0v) is 16.6. The molecule has 0 spiro atoms. The van der Waals surface area contributed by atoms with Crippen LogP contribution in [0.5, 0.6) is 5.75 Å². The molecule has 5 nitrogen and oxygen atoms in total. The van der Waals surface area contributed by atoms with Gasteiger partial charge in [0.1, 0.15) is 5.75 Å². The number of rotatable bonds is 7. The number of aryl methyl sites for hydroxylation is 1. The van der Waals surface area contributed by atoms with Gasteiger partial charge in [-0.1, -0.05) is 23.7 Å². The summed E-state index contributed by atoms with van der Waals surface area (Å²) < 4.78 is 44.5. The molecule has 2 rings (SSSR count). The maximum atomic E-state index is 13.0. The number of alkyl halides is 3. The highest BCUT2D eigenvalue weighted by molar-refractivity contribution is 6.31. The SMILES string of the molecule is CCN(CC(=O)Nc1ccccc1C(F)(F)F)C(=O)COc1ccc(Cl)c(C)c1. The molecule has 0 saturated carbocycles. The van der Waals surface area contributed by atoms with Gasteiger partial charge in [0, 0.05) is 11.6 Å². The number of anilines is 1. The average Bonchev–Trinajstić information content (AvgIpc) is 2.66. The summed E-state index contributed by atoms with van der Waals surface area (Å²) in [6, 6.07) is 9.57. The van der Waals surface area contributed by atoms with Crippen LogP contribution in [0.2, 0.25) is 5.02 Å². The summed E-state index contributed by atoms with van der Waals surface area (Å²) in [7, 11) is 0. The molecule has 0 aliphatic carbocycles. The quantitative estimate of drug-likeness (QED) is 0.704. The van der Waals surface area contributed by atoms with Crippen LogP contribution < -0.4 is 10.1 Å². The van der Waals surface area contributed by atoms with E-state index in [4.69, 9.17) is 16.3 Å². The van der Waals surface area contributed by atoms with E-state index in [2.05, 4.69) is 5.32 Å². The van der Waals surface area contributed by atoms with E-state index < -0.39 is 30.1 Å². The second-order valence-electron chi connectivity index (χ2n) is 6.20. The van der Waals surface area contributed by atoms with Crippen LogP contribution in [0.4, 0.5) is 18.9 Å². The van der Waals surface area contributed by atoms with Gasteiger partial charge >= 0.3 is 6.18 Å². The van der Waals surface area contributed by atoms with Crippen molar-refractivity contribution in [2.75, 3.05) is 25.0 Å². The fourth-order valence-corrected chi connectivity index (χ4v) is 2.64. The van der Waals surface area contributed by atoms with Crippen LogP contribution in [0.15, 0.2) is 42.5 Å². The third-order valence-electron chi connectivity index (χ3n) is 4.07. The topological polar surface area (TPSA) is 58.6 Å². The third kappa shape index (κ3) is 6.39. The number of para-hydroxylation sites is 1. The Kier molecular flexibility index (Phi) is 7.50. The molecule has 9 heteroatoms. The first kappa shape index (κ1) is 22.5. The second kappa shape index (κ2) is 9.65. The monoisotopic (exact) mass is 428 g/mol. The molecule has 0 aliphatic rings. The molecule has 0 heterocycles. The van der Waals surface area contributed by atoms with Crippen molar-refractivity contribution in [1.82, 2.24) is 4.90 Å². The lowest BCUT2D eigenvalue weighted by molar-refractivity contribution is -0.137. The van der Waals surface area contributed by atoms with Gasteiger partial charge < -0.3 is 15.0 Å². The number of hydrogen-bond donors (Lipinski definition) is 1. The molecule has 0 atom stereocenters. The van der Waals surface area contributed by atoms with E-state index in [1.807, 2.05) is 0 Å². The molecule has 2 aromatic carbocycles. The number of carbonyl (C=O) groups excluding carboxylic acids is 2. The highest BCUT2D eigenvalue weighted by Gasteiger charge is 2.33. The Hall–Kier alpha value is -2.74. The lowest BCUT2D eigenvalue weighted by atomic mass is 10.1. The van der Waals surface area contributed by atoms with Gasteiger partial charge in [-0.15, -0.1) is 0 Å². The highest BCUT2D eigenvalue weighted by Crippen LogP contribution is 2.34. The minimum absolute atomic E-state index is 0.191. The summed E-state index contributed by atoms with van der Waals surface area (Å²) in [5.74, 6) is -0.765. The van der Waals surface area contributed by atoms with Crippen LogP contribution in [0.3, 0.4) is 0 Å². The van der Waals surface area contributed by atoms with Crippen molar-refractivity contribution >= 4 is 29.1 Å². The van der Waals surface area contributed by atoms with Gasteiger partial charge in [0.25, 0.3) is 5.91 Å². The van der Waals surface area contributed by atoms with Crippen molar-refractivity contribution in [3.8, 4) is 5.75 Å². The number of carbonyl (C=O) groups is 2. The summed E-state index contributed by atoms with van der Waals surface area (Å²) in [6.45, 7) is 2.92. The van der Waals surface area contributed by atoms with Crippen molar-refractivity contribution in [1.29, 1.82) is 0 Å².